The van der Waals surface area contributed by atoms with E-state index in [4.69, 9.17) is 4.74 Å². The normalized spacial score (nSPS) is 10.7. The van der Waals surface area contributed by atoms with Gasteiger partial charge in [-0.05, 0) is 80.2 Å². The van der Waals surface area contributed by atoms with Gasteiger partial charge in [0.2, 0.25) is 0 Å². The molecule has 0 atom stereocenters. The minimum atomic E-state index is -0.290. The van der Waals surface area contributed by atoms with Gasteiger partial charge in [0.15, 0.2) is 11.5 Å². The number of benzene rings is 2. The number of phenols is 1. The zero-order valence-electron chi connectivity index (χ0n) is 13.6. The Bertz CT molecular complexity index is 787. The van der Waals surface area contributed by atoms with Gasteiger partial charge in [-0.2, -0.15) is 5.10 Å². The van der Waals surface area contributed by atoms with Crippen LogP contribution in [0, 0.1) is 6.92 Å². The van der Waals surface area contributed by atoms with Gasteiger partial charge in [-0.15, -0.1) is 0 Å². The van der Waals surface area contributed by atoms with Crippen LogP contribution in [0.2, 0.25) is 0 Å². The number of methoxy groups -OCH3 is 1. The number of phenolic OH excluding ortho intramolecular Hbond substituents is 1. The van der Waals surface area contributed by atoms with Gasteiger partial charge in [-0.25, -0.2) is 5.43 Å². The van der Waals surface area contributed by atoms with Gasteiger partial charge in [0, 0.05) is 8.95 Å². The molecule has 25 heavy (non-hydrogen) atoms. The summed E-state index contributed by atoms with van der Waals surface area (Å²) in [6.45, 7) is 2.05. The monoisotopic (exact) mass is 469 g/mol. The van der Waals surface area contributed by atoms with E-state index >= 15 is 0 Å². The molecule has 0 aliphatic heterocycles. The molecular formula is C17H17Br2N3O3. The summed E-state index contributed by atoms with van der Waals surface area (Å²) in [5.41, 5.74) is 5.02. The zero-order chi connectivity index (χ0) is 18.4. The maximum Gasteiger partial charge on any atom is 0.259 e. The molecule has 0 bridgehead atoms. The highest BCUT2D eigenvalue weighted by Gasteiger charge is 2.08. The lowest BCUT2D eigenvalue weighted by Gasteiger charge is -2.11. The van der Waals surface area contributed by atoms with Crippen LogP contribution < -0.4 is 15.5 Å². The van der Waals surface area contributed by atoms with Crippen LogP contribution in [0.4, 0.5) is 5.69 Å². The number of hydrogen-bond acceptors (Lipinski definition) is 5. The van der Waals surface area contributed by atoms with Gasteiger partial charge in [0.05, 0.1) is 25.6 Å². The summed E-state index contributed by atoms with van der Waals surface area (Å²) in [5, 5.41) is 16.5. The summed E-state index contributed by atoms with van der Waals surface area (Å²) in [5.74, 6) is 0.0921. The summed E-state index contributed by atoms with van der Waals surface area (Å²) in [6, 6.07) is 8.69. The van der Waals surface area contributed by atoms with Crippen molar-refractivity contribution in [3.63, 3.8) is 0 Å². The summed E-state index contributed by atoms with van der Waals surface area (Å²) in [4.78, 5) is 11.9. The molecule has 132 valence electrons. The fraction of sp³-hybridized carbons (Fsp3) is 0.176. The molecule has 0 heterocycles. The van der Waals surface area contributed by atoms with E-state index in [0.717, 1.165) is 20.2 Å². The Morgan fingerprint density at radius 1 is 1.28 bits per heavy atom. The number of aromatic hydroxyl groups is 1. The highest BCUT2D eigenvalue weighted by Crippen LogP contribution is 2.32. The van der Waals surface area contributed by atoms with Gasteiger partial charge in [-0.3, -0.25) is 4.79 Å². The number of ether oxygens (including phenoxy) is 1. The van der Waals surface area contributed by atoms with Crippen LogP contribution in [0.1, 0.15) is 11.1 Å². The molecule has 2 rings (SSSR count). The minimum absolute atomic E-state index is 0.0436. The van der Waals surface area contributed by atoms with E-state index in [0.29, 0.717) is 11.3 Å². The lowest BCUT2D eigenvalue weighted by molar-refractivity contribution is -0.119. The second kappa shape index (κ2) is 8.87. The third kappa shape index (κ3) is 5.47. The molecule has 0 unspecified atom stereocenters. The number of halogens is 2. The van der Waals surface area contributed by atoms with E-state index in [1.165, 1.54) is 19.4 Å². The van der Waals surface area contributed by atoms with Gasteiger partial charge in [-0.1, -0.05) is 0 Å². The fourth-order valence-corrected chi connectivity index (χ4v) is 3.73. The minimum Gasteiger partial charge on any atom is -0.504 e. The van der Waals surface area contributed by atoms with Crippen molar-refractivity contribution in [2.45, 2.75) is 6.92 Å². The SMILES string of the molecule is COc1cc(/C=N\NC(=O)CNc2c(Br)cc(C)cc2Br)ccc1O. The van der Waals surface area contributed by atoms with Crippen molar-refractivity contribution in [1.82, 2.24) is 5.43 Å². The molecule has 3 N–H and O–H groups in total. The lowest BCUT2D eigenvalue weighted by atomic mass is 10.2. The van der Waals surface area contributed by atoms with Crippen molar-refractivity contribution in [2.24, 2.45) is 5.10 Å². The molecule has 0 saturated carbocycles. The first-order chi connectivity index (χ1) is 11.9. The number of hydrazone groups is 1. The first kappa shape index (κ1) is 19.3. The predicted molar refractivity (Wildman–Crippen MR) is 105 cm³/mol. The Labute approximate surface area is 162 Å². The molecule has 1 amide bonds. The molecule has 6 nitrogen and oxygen atoms in total. The molecule has 0 aromatic heterocycles. The van der Waals surface area contributed by atoms with Crippen LogP contribution in [0.15, 0.2) is 44.4 Å². The fourth-order valence-electron chi connectivity index (χ4n) is 2.03. The average Bonchev–Trinajstić information content (AvgIpc) is 2.55. The molecular weight excluding hydrogens is 454 g/mol. The summed E-state index contributed by atoms with van der Waals surface area (Å²) in [7, 11) is 1.46. The van der Waals surface area contributed by atoms with E-state index in [1.807, 2.05) is 19.1 Å². The number of nitrogens with one attached hydrogen (secondary N) is 2. The van der Waals surface area contributed by atoms with Crippen molar-refractivity contribution in [1.29, 1.82) is 0 Å². The van der Waals surface area contributed by atoms with Crippen molar-refractivity contribution in [3.8, 4) is 11.5 Å². The second-order valence-electron chi connectivity index (χ2n) is 5.18. The number of anilines is 1. The van der Waals surface area contributed by atoms with Crippen LogP contribution in [-0.2, 0) is 4.79 Å². The summed E-state index contributed by atoms with van der Waals surface area (Å²) in [6.07, 6.45) is 1.47. The van der Waals surface area contributed by atoms with Crippen LogP contribution in [0.3, 0.4) is 0 Å². The Hall–Kier alpha value is -2.06. The van der Waals surface area contributed by atoms with Crippen LogP contribution >= 0.6 is 31.9 Å². The van der Waals surface area contributed by atoms with E-state index in [2.05, 4.69) is 47.7 Å². The molecule has 0 aliphatic carbocycles. The first-order valence-corrected chi connectivity index (χ1v) is 8.87. The third-order valence-corrected chi connectivity index (χ3v) is 4.47. The number of carbonyl (C=O) groups excluding carboxylic acids is 1. The molecule has 0 saturated heterocycles. The van der Waals surface area contributed by atoms with E-state index in [9.17, 15) is 9.90 Å². The summed E-state index contributed by atoms with van der Waals surface area (Å²) >= 11 is 6.93. The molecule has 0 fully saturated rings. The van der Waals surface area contributed by atoms with Crippen LogP contribution in [0.25, 0.3) is 0 Å². The van der Waals surface area contributed by atoms with Gasteiger partial charge >= 0.3 is 0 Å². The Morgan fingerprint density at radius 2 is 1.96 bits per heavy atom. The molecule has 2 aromatic rings. The van der Waals surface area contributed by atoms with Gasteiger partial charge in [0.25, 0.3) is 5.91 Å². The number of rotatable bonds is 6. The Kier molecular flexibility index (Phi) is 6.83. The second-order valence-corrected chi connectivity index (χ2v) is 6.89. The predicted octanol–water partition coefficient (Wildman–Crippen LogP) is 3.80. The average molecular weight is 471 g/mol. The zero-order valence-corrected chi connectivity index (χ0v) is 16.8. The maximum atomic E-state index is 11.9. The van der Waals surface area contributed by atoms with E-state index in [-0.39, 0.29) is 18.2 Å². The van der Waals surface area contributed by atoms with Crippen LogP contribution in [-0.4, -0.2) is 30.9 Å². The maximum absolute atomic E-state index is 11.9. The highest BCUT2D eigenvalue weighted by atomic mass is 79.9. The van der Waals surface area contributed by atoms with E-state index < -0.39 is 0 Å². The quantitative estimate of drug-likeness (QED) is 0.443. The number of carbonyl (C=O) groups is 1. The molecule has 0 spiro atoms. The molecule has 2 aromatic carbocycles. The molecule has 8 heteroatoms. The third-order valence-electron chi connectivity index (χ3n) is 3.22. The van der Waals surface area contributed by atoms with Crippen molar-refractivity contribution >= 4 is 49.7 Å². The standard InChI is InChI=1S/C17H17Br2N3O3/c1-10-5-12(18)17(13(19)6-10)20-9-16(24)22-21-8-11-3-4-14(23)15(7-11)25-2/h3-8,20,23H,9H2,1-2H3,(H,22,24)/b21-8-. The number of nitrogens with zero attached hydrogens (tertiary/aromatic N) is 1. The largest absolute Gasteiger partial charge is 0.504 e. The number of hydrogen-bond donors (Lipinski definition) is 3. The van der Waals surface area contributed by atoms with Gasteiger partial charge in [0.1, 0.15) is 0 Å². The Balaban J connectivity index is 1.91. The Morgan fingerprint density at radius 3 is 2.60 bits per heavy atom. The van der Waals surface area contributed by atoms with Gasteiger partial charge < -0.3 is 15.2 Å². The first-order valence-electron chi connectivity index (χ1n) is 7.29. The smallest absolute Gasteiger partial charge is 0.259 e. The summed E-state index contributed by atoms with van der Waals surface area (Å²) < 4.78 is 6.75. The van der Waals surface area contributed by atoms with Crippen LogP contribution in [0.5, 0.6) is 11.5 Å². The number of aryl methyl sites for hydroxylation is 1. The van der Waals surface area contributed by atoms with Crippen molar-refractivity contribution in [2.75, 3.05) is 19.0 Å². The topological polar surface area (TPSA) is 83.0 Å². The molecule has 0 aliphatic rings. The molecule has 0 radical (unpaired) electrons. The van der Waals surface area contributed by atoms with Crippen molar-refractivity contribution in [3.05, 3.63) is 50.4 Å². The number of amides is 1. The lowest BCUT2D eigenvalue weighted by Crippen LogP contribution is -2.26. The van der Waals surface area contributed by atoms with E-state index in [1.54, 1.807) is 12.1 Å². The van der Waals surface area contributed by atoms with Crippen molar-refractivity contribution < 1.29 is 14.6 Å². The highest BCUT2D eigenvalue weighted by molar-refractivity contribution is 9.11.